The van der Waals surface area contributed by atoms with E-state index in [1.807, 2.05) is 36.5 Å². The number of pyridine rings is 1. The van der Waals surface area contributed by atoms with Crippen LogP contribution in [0.2, 0.25) is 10.0 Å². The number of aromatic nitrogens is 2. The molecule has 102 valence electrons. The highest BCUT2D eigenvalue weighted by atomic mass is 35.5. The summed E-state index contributed by atoms with van der Waals surface area (Å²) in [6.45, 7) is 0. The maximum absolute atomic E-state index is 6.22. The second-order valence-electron chi connectivity index (χ2n) is 4.90. The van der Waals surface area contributed by atoms with Crippen LogP contribution < -0.4 is 0 Å². The second-order valence-corrected chi connectivity index (χ2v) is 5.75. The van der Waals surface area contributed by atoms with Gasteiger partial charge in [0.05, 0.1) is 21.7 Å². The summed E-state index contributed by atoms with van der Waals surface area (Å²) >= 11 is 12.3. The minimum atomic E-state index is 0.615. The van der Waals surface area contributed by atoms with Crippen molar-refractivity contribution in [2.45, 2.75) is 0 Å². The van der Waals surface area contributed by atoms with Crippen molar-refractivity contribution in [3.8, 4) is 11.3 Å². The molecule has 0 saturated heterocycles. The van der Waals surface area contributed by atoms with Gasteiger partial charge in [-0.25, -0.2) is 4.98 Å². The van der Waals surface area contributed by atoms with Crippen LogP contribution in [0, 0.1) is 0 Å². The molecule has 0 atom stereocenters. The van der Waals surface area contributed by atoms with Crippen LogP contribution in [0.1, 0.15) is 0 Å². The van der Waals surface area contributed by atoms with Crippen LogP contribution in [0.5, 0.6) is 0 Å². The van der Waals surface area contributed by atoms with E-state index in [0.29, 0.717) is 10.0 Å². The van der Waals surface area contributed by atoms with Gasteiger partial charge in [0.1, 0.15) is 0 Å². The first-order valence-corrected chi connectivity index (χ1v) is 7.30. The molecule has 2 heterocycles. The summed E-state index contributed by atoms with van der Waals surface area (Å²) < 4.78 is 0. The summed E-state index contributed by atoms with van der Waals surface area (Å²) in [7, 11) is 0. The van der Waals surface area contributed by atoms with Gasteiger partial charge >= 0.3 is 0 Å². The van der Waals surface area contributed by atoms with Crippen molar-refractivity contribution >= 4 is 45.0 Å². The molecule has 0 aliphatic carbocycles. The zero-order valence-corrected chi connectivity index (χ0v) is 12.4. The van der Waals surface area contributed by atoms with Crippen molar-refractivity contribution in [3.63, 3.8) is 0 Å². The minimum absolute atomic E-state index is 0.615. The molecule has 4 heteroatoms. The molecule has 0 spiro atoms. The number of hydrogen-bond donors (Lipinski definition) is 1. The van der Waals surface area contributed by atoms with Gasteiger partial charge in [-0.2, -0.15) is 0 Å². The third kappa shape index (κ3) is 2.08. The molecule has 0 aliphatic rings. The van der Waals surface area contributed by atoms with Crippen LogP contribution in [0.3, 0.4) is 0 Å². The van der Waals surface area contributed by atoms with Gasteiger partial charge in [-0.05, 0) is 24.3 Å². The first-order chi connectivity index (χ1) is 10.2. The van der Waals surface area contributed by atoms with Crippen molar-refractivity contribution < 1.29 is 0 Å². The summed E-state index contributed by atoms with van der Waals surface area (Å²) in [6.07, 6.45) is 1.92. The number of benzene rings is 2. The number of H-pyrrole nitrogens is 1. The molecule has 0 amide bonds. The number of nitrogens with zero attached hydrogens (tertiary/aromatic N) is 1. The lowest BCUT2D eigenvalue weighted by Crippen LogP contribution is -1.84. The van der Waals surface area contributed by atoms with E-state index in [1.54, 1.807) is 6.07 Å². The Kier molecular flexibility index (Phi) is 2.88. The Labute approximate surface area is 131 Å². The summed E-state index contributed by atoms with van der Waals surface area (Å²) in [5.74, 6) is 0. The van der Waals surface area contributed by atoms with E-state index < -0.39 is 0 Å². The van der Waals surface area contributed by atoms with Gasteiger partial charge in [0.2, 0.25) is 0 Å². The van der Waals surface area contributed by atoms with E-state index in [-0.39, 0.29) is 0 Å². The largest absolute Gasteiger partial charge is 0.359 e. The fourth-order valence-corrected chi connectivity index (χ4v) is 3.13. The molecule has 0 bridgehead atoms. The Bertz CT molecular complexity index is 973. The Morgan fingerprint density at radius 1 is 0.952 bits per heavy atom. The van der Waals surface area contributed by atoms with Crippen molar-refractivity contribution in [2.75, 3.05) is 0 Å². The molecular weight excluding hydrogens is 303 g/mol. The highest BCUT2D eigenvalue weighted by Crippen LogP contribution is 2.34. The molecule has 21 heavy (non-hydrogen) atoms. The number of fused-ring (bicyclic) bond motifs is 2. The molecule has 4 rings (SSSR count). The van der Waals surface area contributed by atoms with E-state index in [4.69, 9.17) is 28.2 Å². The van der Waals surface area contributed by atoms with Gasteiger partial charge in [-0.15, -0.1) is 0 Å². The van der Waals surface area contributed by atoms with Gasteiger partial charge in [-0.3, -0.25) is 0 Å². The zero-order valence-electron chi connectivity index (χ0n) is 10.9. The summed E-state index contributed by atoms with van der Waals surface area (Å²) in [5, 5.41) is 3.34. The van der Waals surface area contributed by atoms with Crippen LogP contribution in [-0.2, 0) is 0 Å². The summed E-state index contributed by atoms with van der Waals surface area (Å²) in [5.41, 5.74) is 3.75. The third-order valence-corrected chi connectivity index (χ3v) is 4.10. The Hall–Kier alpha value is -2.03. The van der Waals surface area contributed by atoms with Crippen LogP contribution >= 0.6 is 23.2 Å². The van der Waals surface area contributed by atoms with Crippen molar-refractivity contribution in [1.82, 2.24) is 9.97 Å². The number of nitrogens with one attached hydrogen (secondary N) is 1. The lowest BCUT2D eigenvalue weighted by Gasteiger charge is -2.03. The molecule has 0 unspecified atom stereocenters. The Balaban J connectivity index is 2.00. The second kappa shape index (κ2) is 4.76. The highest BCUT2D eigenvalue weighted by molar-refractivity contribution is 6.38. The first-order valence-electron chi connectivity index (χ1n) is 6.55. The smallest absolute Gasteiger partial charge is 0.0731 e. The quantitative estimate of drug-likeness (QED) is 0.480. The molecule has 2 aromatic carbocycles. The van der Waals surface area contributed by atoms with Crippen LogP contribution in [0.4, 0.5) is 0 Å². The van der Waals surface area contributed by atoms with Crippen molar-refractivity contribution in [1.29, 1.82) is 0 Å². The maximum Gasteiger partial charge on any atom is 0.0731 e. The Morgan fingerprint density at radius 2 is 1.81 bits per heavy atom. The normalized spacial score (nSPS) is 11.3. The van der Waals surface area contributed by atoms with E-state index in [9.17, 15) is 0 Å². The lowest BCUT2D eigenvalue weighted by atomic mass is 10.1. The van der Waals surface area contributed by atoms with Gasteiger partial charge in [0.15, 0.2) is 0 Å². The number of para-hydroxylation sites is 1. The number of aromatic amines is 1. The molecule has 0 saturated carbocycles. The number of rotatable bonds is 1. The standard InChI is InChI=1S/C17H10Cl2N2/c18-11-7-12-13(9-20-17(12)14(19)8-11)16-6-5-10-3-1-2-4-15(10)21-16/h1-9,20H. The maximum atomic E-state index is 6.22. The SMILES string of the molecule is Clc1cc(Cl)c2[nH]cc(-c3ccc4ccccc4n3)c2c1. The average molecular weight is 313 g/mol. The molecule has 2 nitrogen and oxygen atoms in total. The van der Waals surface area contributed by atoms with Crippen molar-refractivity contribution in [2.24, 2.45) is 0 Å². The molecule has 0 fully saturated rings. The van der Waals surface area contributed by atoms with Crippen molar-refractivity contribution in [3.05, 3.63) is 64.8 Å². The van der Waals surface area contributed by atoms with Gasteiger partial charge in [0.25, 0.3) is 0 Å². The van der Waals surface area contributed by atoms with E-state index >= 15 is 0 Å². The fraction of sp³-hybridized carbons (Fsp3) is 0. The van der Waals surface area contributed by atoms with Gasteiger partial charge < -0.3 is 4.98 Å². The van der Waals surface area contributed by atoms with E-state index in [0.717, 1.165) is 33.1 Å². The van der Waals surface area contributed by atoms with E-state index in [2.05, 4.69) is 17.1 Å². The zero-order chi connectivity index (χ0) is 14.4. The predicted octanol–water partition coefficient (Wildman–Crippen LogP) is 5.69. The van der Waals surface area contributed by atoms with Crippen LogP contribution in [-0.4, -0.2) is 9.97 Å². The molecule has 0 radical (unpaired) electrons. The topological polar surface area (TPSA) is 28.7 Å². The minimum Gasteiger partial charge on any atom is -0.359 e. The lowest BCUT2D eigenvalue weighted by molar-refractivity contribution is 1.40. The first kappa shape index (κ1) is 12.7. The number of halogens is 2. The van der Waals surface area contributed by atoms with E-state index in [1.165, 1.54) is 0 Å². The molecule has 4 aromatic rings. The highest BCUT2D eigenvalue weighted by Gasteiger charge is 2.11. The molecule has 1 N–H and O–H groups in total. The molecular formula is C17H10Cl2N2. The summed E-state index contributed by atoms with van der Waals surface area (Å²) in [6, 6.07) is 15.8. The average Bonchev–Trinajstić information content (AvgIpc) is 2.91. The number of hydrogen-bond acceptors (Lipinski definition) is 1. The molecule has 2 aromatic heterocycles. The van der Waals surface area contributed by atoms with Gasteiger partial charge in [-0.1, -0.05) is 47.5 Å². The monoisotopic (exact) mass is 312 g/mol. The summed E-state index contributed by atoms with van der Waals surface area (Å²) in [4.78, 5) is 7.92. The Morgan fingerprint density at radius 3 is 2.71 bits per heavy atom. The third-order valence-electron chi connectivity index (χ3n) is 3.58. The fourth-order valence-electron chi connectivity index (χ4n) is 2.58. The van der Waals surface area contributed by atoms with Crippen LogP contribution in [0.25, 0.3) is 33.1 Å². The van der Waals surface area contributed by atoms with Gasteiger partial charge in [0, 0.05) is 27.6 Å². The predicted molar refractivity (Wildman–Crippen MR) is 89.1 cm³/mol. The van der Waals surface area contributed by atoms with Crippen LogP contribution in [0.15, 0.2) is 54.7 Å². The molecule has 0 aliphatic heterocycles.